The Labute approximate surface area is 208 Å². The highest BCUT2D eigenvalue weighted by atomic mass is 35.5. The maximum Gasteiger partial charge on any atom is 0.141 e. The molecule has 0 aliphatic heterocycles. The second-order valence-corrected chi connectivity index (χ2v) is 8.02. The fourth-order valence-corrected chi connectivity index (χ4v) is 3.55. The average molecular weight is 494 g/mol. The fourth-order valence-electron chi connectivity index (χ4n) is 3.32. The molecule has 0 spiro atoms. The second kappa shape index (κ2) is 12.1. The van der Waals surface area contributed by atoms with Gasteiger partial charge in [0.15, 0.2) is 0 Å². The lowest BCUT2D eigenvalue weighted by atomic mass is 10.1. The van der Waals surface area contributed by atoms with Gasteiger partial charge in [-0.05, 0) is 60.1 Å². The molecule has 0 atom stereocenters. The zero-order chi connectivity index (χ0) is 24.5. The Morgan fingerprint density at radius 1 is 1.09 bits per heavy atom. The smallest absolute Gasteiger partial charge is 0.141 e. The van der Waals surface area contributed by atoms with Gasteiger partial charge in [0.25, 0.3) is 0 Å². The van der Waals surface area contributed by atoms with Gasteiger partial charge in [-0.15, -0.1) is 0 Å². The minimum Gasteiger partial charge on any atom is -0.487 e. The van der Waals surface area contributed by atoms with Crippen molar-refractivity contribution >= 4 is 40.2 Å². The zero-order valence-electron chi connectivity index (χ0n) is 19.2. The monoisotopic (exact) mass is 493 g/mol. The number of aromatic nitrogens is 2. The Balaban J connectivity index is 1.45. The van der Waals surface area contributed by atoms with Crippen molar-refractivity contribution in [1.82, 2.24) is 15.3 Å². The molecule has 3 aromatic carbocycles. The maximum absolute atomic E-state index is 13.4. The van der Waals surface area contributed by atoms with E-state index in [0.29, 0.717) is 23.2 Å². The molecule has 0 aliphatic rings. The van der Waals surface area contributed by atoms with E-state index >= 15 is 0 Å². The first-order valence-electron chi connectivity index (χ1n) is 11.2. The van der Waals surface area contributed by atoms with Crippen LogP contribution in [0.15, 0.2) is 72.1 Å². The molecule has 35 heavy (non-hydrogen) atoms. The van der Waals surface area contributed by atoms with Crippen LogP contribution in [0.5, 0.6) is 5.75 Å². The van der Waals surface area contributed by atoms with E-state index in [9.17, 15) is 4.39 Å². The van der Waals surface area contributed by atoms with Crippen LogP contribution in [-0.4, -0.2) is 35.9 Å². The number of anilines is 2. The fraction of sp³-hybridized carbons (Fsp3) is 0.192. The van der Waals surface area contributed by atoms with Crippen LogP contribution in [0.2, 0.25) is 5.02 Å². The summed E-state index contributed by atoms with van der Waals surface area (Å²) in [4.78, 5) is 14.0. The highest BCUT2D eigenvalue weighted by Crippen LogP contribution is 2.31. The van der Waals surface area contributed by atoms with Gasteiger partial charge in [-0.25, -0.2) is 14.4 Å². The van der Waals surface area contributed by atoms with Crippen molar-refractivity contribution < 1.29 is 14.0 Å². The molecule has 0 aliphatic carbocycles. The van der Waals surface area contributed by atoms with E-state index in [0.717, 1.165) is 40.8 Å². The predicted molar refractivity (Wildman–Crippen MR) is 137 cm³/mol. The molecule has 0 saturated heterocycles. The number of nitrogens with one attached hydrogen (secondary N) is 2. The number of rotatable bonds is 11. The summed E-state index contributed by atoms with van der Waals surface area (Å²) in [6, 6.07) is 17.4. The van der Waals surface area contributed by atoms with Gasteiger partial charge in [0.2, 0.25) is 0 Å². The summed E-state index contributed by atoms with van der Waals surface area (Å²) in [6.07, 6.45) is 3.16. The van der Waals surface area contributed by atoms with Crippen LogP contribution in [0, 0.1) is 5.82 Å². The maximum atomic E-state index is 13.4. The van der Waals surface area contributed by atoms with Crippen LogP contribution in [-0.2, 0) is 11.4 Å². The highest BCUT2D eigenvalue weighted by molar-refractivity contribution is 6.32. The molecule has 1 aromatic heterocycles. The van der Waals surface area contributed by atoms with Crippen molar-refractivity contribution in [2.24, 2.45) is 5.16 Å². The highest BCUT2D eigenvalue weighted by Gasteiger charge is 2.08. The van der Waals surface area contributed by atoms with E-state index in [-0.39, 0.29) is 12.4 Å². The first-order valence-corrected chi connectivity index (χ1v) is 11.5. The van der Waals surface area contributed by atoms with Crippen molar-refractivity contribution in [2.45, 2.75) is 13.5 Å². The normalized spacial score (nSPS) is 11.2. The molecule has 4 rings (SSSR count). The topological polar surface area (TPSA) is 80.7 Å². The SMILES string of the molecule is CCNCCON=Cc1ccc2ncnc(Nc3ccc(OCc4cccc(F)c4)c(Cl)c3)c2c1. The van der Waals surface area contributed by atoms with Crippen molar-refractivity contribution in [1.29, 1.82) is 0 Å². The third-order valence-electron chi connectivity index (χ3n) is 5.03. The molecule has 0 fully saturated rings. The summed E-state index contributed by atoms with van der Waals surface area (Å²) >= 11 is 6.43. The molecule has 0 saturated carbocycles. The number of halogens is 2. The molecular weight excluding hydrogens is 469 g/mol. The Morgan fingerprint density at radius 3 is 2.83 bits per heavy atom. The summed E-state index contributed by atoms with van der Waals surface area (Å²) in [5, 5.41) is 11.7. The second-order valence-electron chi connectivity index (χ2n) is 7.61. The lowest BCUT2D eigenvalue weighted by molar-refractivity contribution is 0.148. The van der Waals surface area contributed by atoms with Crippen LogP contribution in [0.1, 0.15) is 18.1 Å². The van der Waals surface area contributed by atoms with E-state index < -0.39 is 0 Å². The lowest BCUT2D eigenvalue weighted by Crippen LogP contribution is -2.17. The molecule has 7 nitrogen and oxygen atoms in total. The minimum atomic E-state index is -0.306. The third-order valence-corrected chi connectivity index (χ3v) is 5.33. The molecular formula is C26H25ClFN5O2. The molecule has 4 aromatic rings. The summed E-state index contributed by atoms with van der Waals surface area (Å²) in [5.74, 6) is 0.824. The van der Waals surface area contributed by atoms with Crippen molar-refractivity contribution in [3.63, 3.8) is 0 Å². The Morgan fingerprint density at radius 2 is 2.00 bits per heavy atom. The van der Waals surface area contributed by atoms with Gasteiger partial charge >= 0.3 is 0 Å². The zero-order valence-corrected chi connectivity index (χ0v) is 19.9. The third kappa shape index (κ3) is 6.88. The Kier molecular flexibility index (Phi) is 8.43. The van der Waals surface area contributed by atoms with Crippen LogP contribution in [0.4, 0.5) is 15.9 Å². The Hall–Kier alpha value is -3.75. The summed E-state index contributed by atoms with van der Waals surface area (Å²) in [5.41, 5.74) is 3.10. The molecule has 0 amide bonds. The van der Waals surface area contributed by atoms with Gasteiger partial charge in [-0.2, -0.15) is 0 Å². The van der Waals surface area contributed by atoms with E-state index in [2.05, 4.69) is 25.8 Å². The van der Waals surface area contributed by atoms with Crippen LogP contribution in [0.3, 0.4) is 0 Å². The number of fused-ring (bicyclic) bond motifs is 1. The minimum absolute atomic E-state index is 0.212. The standard InChI is InChI=1S/C26H25ClFN5O2/c1-2-29-10-11-35-32-15-18-6-8-24-22(13-18)26(31-17-30-24)33-21-7-9-25(23(27)14-21)34-16-19-4-3-5-20(28)12-19/h3-9,12-15,17,29H,2,10-11,16H2,1H3,(H,30,31,33). The van der Waals surface area contributed by atoms with Crippen molar-refractivity contribution in [2.75, 3.05) is 25.0 Å². The van der Waals surface area contributed by atoms with Crippen molar-refractivity contribution in [3.05, 3.63) is 89.0 Å². The predicted octanol–water partition coefficient (Wildman–Crippen LogP) is 5.70. The molecule has 0 radical (unpaired) electrons. The van der Waals surface area contributed by atoms with E-state index in [1.54, 1.807) is 30.5 Å². The van der Waals surface area contributed by atoms with E-state index in [1.807, 2.05) is 31.2 Å². The first kappa shape index (κ1) is 24.4. The van der Waals surface area contributed by atoms with Gasteiger partial charge in [-0.1, -0.05) is 41.9 Å². The van der Waals surface area contributed by atoms with Crippen LogP contribution in [0.25, 0.3) is 10.9 Å². The van der Waals surface area contributed by atoms with Crippen LogP contribution >= 0.6 is 11.6 Å². The number of hydrogen-bond acceptors (Lipinski definition) is 7. The van der Waals surface area contributed by atoms with Gasteiger partial charge in [0.05, 0.1) is 16.8 Å². The van der Waals surface area contributed by atoms with Crippen LogP contribution < -0.4 is 15.4 Å². The van der Waals surface area contributed by atoms with E-state index in [1.165, 1.54) is 18.5 Å². The quantitative estimate of drug-likeness (QED) is 0.158. The first-order chi connectivity index (χ1) is 17.1. The summed E-state index contributed by atoms with van der Waals surface area (Å²) in [7, 11) is 0. The average Bonchev–Trinajstić information content (AvgIpc) is 2.86. The van der Waals surface area contributed by atoms with Crippen molar-refractivity contribution in [3.8, 4) is 5.75 Å². The number of hydrogen-bond donors (Lipinski definition) is 2. The number of oxime groups is 1. The molecule has 180 valence electrons. The van der Waals surface area contributed by atoms with Gasteiger partial charge in [0.1, 0.15) is 36.9 Å². The largest absolute Gasteiger partial charge is 0.487 e. The van der Waals surface area contributed by atoms with Gasteiger partial charge in [-0.3, -0.25) is 0 Å². The molecule has 1 heterocycles. The molecule has 9 heteroatoms. The number of likely N-dealkylation sites (N-methyl/N-ethyl adjacent to an activating group) is 1. The lowest BCUT2D eigenvalue weighted by Gasteiger charge is -2.12. The number of ether oxygens (including phenoxy) is 1. The van der Waals surface area contributed by atoms with Gasteiger partial charge in [0, 0.05) is 17.6 Å². The molecule has 2 N–H and O–H groups in total. The number of nitrogens with zero attached hydrogens (tertiary/aromatic N) is 3. The van der Waals surface area contributed by atoms with Gasteiger partial charge < -0.3 is 20.2 Å². The summed E-state index contributed by atoms with van der Waals surface area (Å²) < 4.78 is 19.1. The molecule has 0 bridgehead atoms. The van der Waals surface area contributed by atoms with E-state index in [4.69, 9.17) is 21.2 Å². The summed E-state index contributed by atoms with van der Waals surface area (Å²) in [6.45, 7) is 4.38. The Bertz CT molecular complexity index is 1320. The number of benzene rings is 3. The molecule has 0 unspecified atom stereocenters.